The summed E-state index contributed by atoms with van der Waals surface area (Å²) in [7, 11) is 4.65. The topological polar surface area (TPSA) is 99.0 Å². The number of ether oxygens (including phenoxy) is 3. The summed E-state index contributed by atoms with van der Waals surface area (Å²) in [6.45, 7) is 2.38. The fraction of sp³-hybridized carbons (Fsp3) is 0.455. The van der Waals surface area contributed by atoms with Crippen LogP contribution in [0.2, 0.25) is 0 Å². The number of hydrogen-bond acceptors (Lipinski definition) is 7. The lowest BCUT2D eigenvalue weighted by atomic mass is 10.1. The molecular weight excluding hydrogens is 414 g/mol. The van der Waals surface area contributed by atoms with E-state index in [1.807, 2.05) is 6.20 Å². The molecule has 0 aliphatic carbocycles. The average Bonchev–Trinajstić information content (AvgIpc) is 3.39. The zero-order chi connectivity index (χ0) is 22.7. The van der Waals surface area contributed by atoms with E-state index < -0.39 is 0 Å². The van der Waals surface area contributed by atoms with Crippen LogP contribution in [0, 0.1) is 0 Å². The molecule has 1 aromatic carbocycles. The molecule has 2 saturated heterocycles. The molecule has 170 valence electrons. The zero-order valence-corrected chi connectivity index (χ0v) is 18.5. The van der Waals surface area contributed by atoms with Gasteiger partial charge in [-0.3, -0.25) is 9.59 Å². The third-order valence-electron chi connectivity index (χ3n) is 5.74. The lowest BCUT2D eigenvalue weighted by Gasteiger charge is -2.38. The Bertz CT molecular complexity index is 1000. The molecule has 10 heteroatoms. The van der Waals surface area contributed by atoms with Crippen LogP contribution in [-0.2, 0) is 16.1 Å². The average molecular weight is 441 g/mol. The summed E-state index contributed by atoms with van der Waals surface area (Å²) in [5, 5.41) is 8.36. The van der Waals surface area contributed by atoms with E-state index in [2.05, 4.69) is 10.3 Å². The summed E-state index contributed by atoms with van der Waals surface area (Å²) in [5.41, 5.74) is 1.54. The maximum atomic E-state index is 12.5. The second kappa shape index (κ2) is 9.29. The molecule has 32 heavy (non-hydrogen) atoms. The molecule has 0 bridgehead atoms. The Morgan fingerprint density at radius 1 is 1.16 bits per heavy atom. The van der Waals surface area contributed by atoms with Gasteiger partial charge in [-0.2, -0.15) is 0 Å². The van der Waals surface area contributed by atoms with E-state index in [1.54, 1.807) is 54.0 Å². The first kappa shape index (κ1) is 21.7. The normalized spacial score (nSPS) is 16.5. The van der Waals surface area contributed by atoms with Gasteiger partial charge in [0.25, 0.3) is 0 Å². The van der Waals surface area contributed by atoms with Crippen LogP contribution in [-0.4, -0.2) is 77.6 Å². The van der Waals surface area contributed by atoms with Crippen LogP contribution in [0.1, 0.15) is 30.1 Å². The van der Waals surface area contributed by atoms with E-state index in [9.17, 15) is 9.59 Å². The van der Waals surface area contributed by atoms with Gasteiger partial charge >= 0.3 is 0 Å². The molecule has 2 aliphatic heterocycles. The third kappa shape index (κ3) is 4.39. The van der Waals surface area contributed by atoms with Crippen molar-refractivity contribution in [3.05, 3.63) is 35.7 Å². The number of carbonyl (C=O) groups excluding carboxylic acids is 2. The quantitative estimate of drug-likeness (QED) is 0.573. The number of hydrogen-bond donors (Lipinski definition) is 0. The van der Waals surface area contributed by atoms with Crippen LogP contribution in [0.4, 0.5) is 0 Å². The lowest BCUT2D eigenvalue weighted by Crippen LogP contribution is -2.50. The Labute approximate surface area is 186 Å². The number of likely N-dealkylation sites (tertiary alicyclic amines) is 2. The minimum absolute atomic E-state index is 0.0852. The molecule has 2 fully saturated rings. The number of methoxy groups -OCH3 is 3. The summed E-state index contributed by atoms with van der Waals surface area (Å²) < 4.78 is 17.8. The molecule has 0 unspecified atom stereocenters. The first-order valence-corrected chi connectivity index (χ1v) is 10.5. The smallest absolute Gasteiger partial charge is 0.246 e. The van der Waals surface area contributed by atoms with Crippen molar-refractivity contribution >= 4 is 17.9 Å². The van der Waals surface area contributed by atoms with Gasteiger partial charge in [0.05, 0.1) is 40.1 Å². The van der Waals surface area contributed by atoms with Gasteiger partial charge in [-0.1, -0.05) is 5.21 Å². The molecule has 1 aromatic heterocycles. The number of carbonyl (C=O) groups is 2. The van der Waals surface area contributed by atoms with E-state index in [1.165, 1.54) is 6.08 Å². The first-order valence-electron chi connectivity index (χ1n) is 10.5. The Balaban J connectivity index is 1.33. The molecule has 3 heterocycles. The highest BCUT2D eigenvalue weighted by molar-refractivity contribution is 5.92. The maximum Gasteiger partial charge on any atom is 0.246 e. The van der Waals surface area contributed by atoms with Gasteiger partial charge in [0.15, 0.2) is 11.5 Å². The van der Waals surface area contributed by atoms with Gasteiger partial charge in [-0.05, 0) is 30.2 Å². The van der Waals surface area contributed by atoms with Gasteiger partial charge in [-0.25, -0.2) is 4.68 Å². The Morgan fingerprint density at radius 2 is 1.88 bits per heavy atom. The van der Waals surface area contributed by atoms with Gasteiger partial charge in [0.1, 0.15) is 5.69 Å². The molecule has 0 atom stereocenters. The number of benzene rings is 1. The lowest BCUT2D eigenvalue weighted by molar-refractivity contribution is -0.131. The summed E-state index contributed by atoms with van der Waals surface area (Å²) in [6, 6.07) is 3.65. The number of amides is 2. The van der Waals surface area contributed by atoms with E-state index in [0.29, 0.717) is 43.3 Å². The maximum absolute atomic E-state index is 12.5. The highest BCUT2D eigenvalue weighted by atomic mass is 16.5. The molecule has 0 N–H and O–H groups in total. The summed E-state index contributed by atoms with van der Waals surface area (Å²) in [5.74, 6) is 1.64. The molecule has 2 aromatic rings. The summed E-state index contributed by atoms with van der Waals surface area (Å²) in [4.78, 5) is 27.9. The van der Waals surface area contributed by atoms with Crippen molar-refractivity contribution in [3.8, 4) is 17.2 Å². The van der Waals surface area contributed by atoms with Crippen LogP contribution in [0.15, 0.2) is 24.4 Å². The van der Waals surface area contributed by atoms with Gasteiger partial charge < -0.3 is 24.0 Å². The molecule has 0 spiro atoms. The highest BCUT2D eigenvalue weighted by Gasteiger charge is 2.32. The predicted molar refractivity (Wildman–Crippen MR) is 115 cm³/mol. The highest BCUT2D eigenvalue weighted by Crippen LogP contribution is 2.38. The van der Waals surface area contributed by atoms with E-state index >= 15 is 0 Å². The van der Waals surface area contributed by atoms with E-state index in [0.717, 1.165) is 24.2 Å². The van der Waals surface area contributed by atoms with Crippen LogP contribution < -0.4 is 14.2 Å². The van der Waals surface area contributed by atoms with Crippen LogP contribution >= 0.6 is 0 Å². The molecule has 2 amide bonds. The number of rotatable bonds is 8. The molecule has 0 radical (unpaired) electrons. The van der Waals surface area contributed by atoms with Crippen molar-refractivity contribution in [3.63, 3.8) is 0 Å². The summed E-state index contributed by atoms with van der Waals surface area (Å²) >= 11 is 0. The largest absolute Gasteiger partial charge is 0.493 e. The van der Waals surface area contributed by atoms with Crippen LogP contribution in [0.5, 0.6) is 17.2 Å². The Hall–Kier alpha value is -3.56. The van der Waals surface area contributed by atoms with Crippen molar-refractivity contribution < 1.29 is 23.8 Å². The minimum atomic E-state index is -0.0852. The predicted octanol–water partition coefficient (Wildman–Crippen LogP) is 1.52. The van der Waals surface area contributed by atoms with Gasteiger partial charge in [0, 0.05) is 32.1 Å². The molecule has 2 aliphatic rings. The monoisotopic (exact) mass is 441 g/mol. The zero-order valence-electron chi connectivity index (χ0n) is 18.5. The fourth-order valence-electron chi connectivity index (χ4n) is 3.90. The molecule has 10 nitrogen and oxygen atoms in total. The second-order valence-electron chi connectivity index (χ2n) is 7.80. The Morgan fingerprint density at radius 3 is 2.47 bits per heavy atom. The van der Waals surface area contributed by atoms with E-state index in [4.69, 9.17) is 14.2 Å². The molecule has 4 rings (SSSR count). The fourth-order valence-corrected chi connectivity index (χ4v) is 3.90. The van der Waals surface area contributed by atoms with Crippen molar-refractivity contribution in [2.45, 2.75) is 25.4 Å². The molecular formula is C22H27N5O5. The second-order valence-corrected chi connectivity index (χ2v) is 7.80. The SMILES string of the molecule is COc1cc(/C=C/C(=O)N2CC(n3cc(CN4CCCC4=O)nn3)C2)cc(OC)c1OC. The summed E-state index contributed by atoms with van der Waals surface area (Å²) in [6.07, 6.45) is 6.63. The van der Waals surface area contributed by atoms with Gasteiger partial charge in [-0.15, -0.1) is 5.10 Å². The molecule has 0 saturated carbocycles. The minimum Gasteiger partial charge on any atom is -0.493 e. The van der Waals surface area contributed by atoms with Crippen LogP contribution in [0.25, 0.3) is 6.08 Å². The third-order valence-corrected chi connectivity index (χ3v) is 5.74. The van der Waals surface area contributed by atoms with Crippen molar-refractivity contribution in [1.29, 1.82) is 0 Å². The van der Waals surface area contributed by atoms with Crippen molar-refractivity contribution in [2.24, 2.45) is 0 Å². The van der Waals surface area contributed by atoms with Gasteiger partial charge in [0.2, 0.25) is 17.6 Å². The first-order chi connectivity index (χ1) is 15.5. The Kier molecular flexibility index (Phi) is 6.29. The van der Waals surface area contributed by atoms with Crippen molar-refractivity contribution in [2.75, 3.05) is 41.0 Å². The van der Waals surface area contributed by atoms with E-state index in [-0.39, 0.29) is 17.9 Å². The van der Waals surface area contributed by atoms with Crippen LogP contribution in [0.3, 0.4) is 0 Å². The number of aromatic nitrogens is 3. The standard InChI is InChI=1S/C22H27N5O5/c1-30-18-9-15(10-19(31-2)22(18)32-3)6-7-21(29)26-13-17(14-26)27-12-16(23-24-27)11-25-8-4-5-20(25)28/h6-7,9-10,12,17H,4-5,8,11,13-14H2,1-3H3/b7-6+. The van der Waals surface area contributed by atoms with Crippen molar-refractivity contribution in [1.82, 2.24) is 24.8 Å². The number of nitrogens with zero attached hydrogens (tertiary/aromatic N) is 5.